The number of aryl methyl sites for hydroxylation is 1. The molecule has 0 saturated carbocycles. The van der Waals surface area contributed by atoms with Crippen LogP contribution >= 0.6 is 0 Å². The molecule has 0 unspecified atom stereocenters. The summed E-state index contributed by atoms with van der Waals surface area (Å²) in [6.45, 7) is 2.61. The third-order valence-electron chi connectivity index (χ3n) is 3.15. The number of aliphatic carboxylic acids is 1. The first-order chi connectivity index (χ1) is 9.05. The third-order valence-corrected chi connectivity index (χ3v) is 3.15. The number of nitrogens with one attached hydrogen (secondary N) is 1. The Morgan fingerprint density at radius 1 is 1.47 bits per heavy atom. The molecule has 1 aliphatic heterocycles. The molecule has 1 fully saturated rings. The first-order valence-corrected chi connectivity index (χ1v) is 6.05. The number of anilines is 1. The summed E-state index contributed by atoms with van der Waals surface area (Å²) in [5, 5.41) is 12.4. The zero-order chi connectivity index (χ0) is 13.9. The summed E-state index contributed by atoms with van der Waals surface area (Å²) in [6.07, 6.45) is 0.754. The van der Waals surface area contributed by atoms with Gasteiger partial charge in [0, 0.05) is 37.8 Å². The first-order valence-electron chi connectivity index (χ1n) is 6.05. The second kappa shape index (κ2) is 5.40. The predicted molar refractivity (Wildman–Crippen MR) is 67.4 cm³/mol. The molecule has 1 saturated heterocycles. The smallest absolute Gasteiger partial charge is 0.329 e. The minimum Gasteiger partial charge on any atom is -0.481 e. The van der Waals surface area contributed by atoms with Crippen molar-refractivity contribution >= 4 is 11.9 Å². The second-order valence-corrected chi connectivity index (χ2v) is 4.50. The highest BCUT2D eigenvalue weighted by Gasteiger charge is 2.41. The molecule has 7 nitrogen and oxygen atoms in total. The molecule has 0 bridgehead atoms. The molecule has 19 heavy (non-hydrogen) atoms. The predicted octanol–water partition coefficient (Wildman–Crippen LogP) is 0.839. The van der Waals surface area contributed by atoms with Crippen molar-refractivity contribution in [1.29, 1.82) is 0 Å². The molecule has 104 valence electrons. The fourth-order valence-electron chi connectivity index (χ4n) is 2.03. The molecule has 1 aliphatic rings. The minimum atomic E-state index is -1.07. The summed E-state index contributed by atoms with van der Waals surface area (Å²) in [5.74, 6) is -0.247. The van der Waals surface area contributed by atoms with Gasteiger partial charge >= 0.3 is 5.97 Å². The number of hydrogen-bond donors (Lipinski definition) is 2. The van der Waals surface area contributed by atoms with E-state index in [0.717, 1.165) is 0 Å². The average Bonchev–Trinajstić information content (AvgIpc) is 2.38. The Bertz CT molecular complexity index is 472. The monoisotopic (exact) mass is 267 g/mol. The van der Waals surface area contributed by atoms with Gasteiger partial charge in [-0.1, -0.05) is 0 Å². The maximum Gasteiger partial charge on any atom is 0.329 e. The van der Waals surface area contributed by atoms with Crippen molar-refractivity contribution in [3.8, 4) is 5.88 Å². The van der Waals surface area contributed by atoms with E-state index < -0.39 is 11.5 Å². The van der Waals surface area contributed by atoms with Crippen molar-refractivity contribution in [1.82, 2.24) is 9.97 Å². The molecule has 7 heteroatoms. The summed E-state index contributed by atoms with van der Waals surface area (Å²) in [5.41, 5.74) is -0.362. The van der Waals surface area contributed by atoms with Crippen molar-refractivity contribution in [2.75, 3.05) is 25.6 Å². The minimum absolute atomic E-state index is 0.265. The van der Waals surface area contributed by atoms with Crippen molar-refractivity contribution in [3.63, 3.8) is 0 Å². The van der Waals surface area contributed by atoms with E-state index in [0.29, 0.717) is 37.6 Å². The van der Waals surface area contributed by atoms with Gasteiger partial charge in [0.1, 0.15) is 5.54 Å². The number of aromatic nitrogens is 2. The van der Waals surface area contributed by atoms with Crippen LogP contribution in [0.5, 0.6) is 5.88 Å². The van der Waals surface area contributed by atoms with Crippen LogP contribution in [0.3, 0.4) is 0 Å². The number of ether oxygens (including phenoxy) is 2. The standard InChI is InChI=1S/C12H17N3O4/c1-8-7-9(18-2)14-11(13-8)15-12(10(16)17)3-5-19-6-4-12/h7H,3-6H2,1-2H3,(H,16,17)(H,13,14,15). The van der Waals surface area contributed by atoms with E-state index >= 15 is 0 Å². The number of hydrogen-bond acceptors (Lipinski definition) is 6. The molecule has 1 aromatic rings. The SMILES string of the molecule is COc1cc(C)nc(NC2(C(=O)O)CCOCC2)n1. The van der Waals surface area contributed by atoms with Gasteiger partial charge in [-0.05, 0) is 6.92 Å². The Hall–Kier alpha value is -1.89. The topological polar surface area (TPSA) is 93.6 Å². The van der Waals surface area contributed by atoms with Crippen molar-refractivity contribution in [2.24, 2.45) is 0 Å². The van der Waals surface area contributed by atoms with E-state index in [1.54, 1.807) is 13.0 Å². The Morgan fingerprint density at radius 3 is 2.74 bits per heavy atom. The summed E-state index contributed by atoms with van der Waals surface area (Å²) < 4.78 is 10.3. The van der Waals surface area contributed by atoms with Gasteiger partial charge in [-0.25, -0.2) is 9.78 Å². The summed E-state index contributed by atoms with van der Waals surface area (Å²) in [4.78, 5) is 19.8. The molecule has 2 N–H and O–H groups in total. The average molecular weight is 267 g/mol. The van der Waals surface area contributed by atoms with Crippen LogP contribution < -0.4 is 10.1 Å². The third kappa shape index (κ3) is 2.93. The van der Waals surface area contributed by atoms with Crippen LogP contribution in [-0.2, 0) is 9.53 Å². The Labute approximate surface area is 111 Å². The molecule has 0 radical (unpaired) electrons. The molecule has 0 atom stereocenters. The first kappa shape index (κ1) is 13.5. The van der Waals surface area contributed by atoms with Gasteiger partial charge in [-0.15, -0.1) is 0 Å². The highest BCUT2D eigenvalue weighted by Crippen LogP contribution is 2.25. The highest BCUT2D eigenvalue weighted by atomic mass is 16.5. The Kier molecular flexibility index (Phi) is 3.84. The van der Waals surface area contributed by atoms with E-state index in [2.05, 4.69) is 15.3 Å². The van der Waals surface area contributed by atoms with Crippen LogP contribution in [0.15, 0.2) is 6.07 Å². The lowest BCUT2D eigenvalue weighted by Gasteiger charge is -2.33. The van der Waals surface area contributed by atoms with E-state index in [9.17, 15) is 9.90 Å². The van der Waals surface area contributed by atoms with Crippen LogP contribution in [0, 0.1) is 6.92 Å². The van der Waals surface area contributed by atoms with E-state index in [1.165, 1.54) is 7.11 Å². The van der Waals surface area contributed by atoms with E-state index in [4.69, 9.17) is 9.47 Å². The normalized spacial score (nSPS) is 17.8. The van der Waals surface area contributed by atoms with Gasteiger partial charge in [-0.3, -0.25) is 0 Å². The van der Waals surface area contributed by atoms with Crippen molar-refractivity contribution < 1.29 is 19.4 Å². The molecule has 0 amide bonds. The van der Waals surface area contributed by atoms with Crippen molar-refractivity contribution in [2.45, 2.75) is 25.3 Å². The molecule has 2 rings (SSSR count). The van der Waals surface area contributed by atoms with Crippen LogP contribution in [0.25, 0.3) is 0 Å². The zero-order valence-electron chi connectivity index (χ0n) is 11.0. The molecule has 0 aliphatic carbocycles. The molecular formula is C12H17N3O4. The summed E-state index contributed by atoms with van der Waals surface area (Å²) >= 11 is 0. The molecular weight excluding hydrogens is 250 g/mol. The molecule has 0 spiro atoms. The van der Waals surface area contributed by atoms with Gasteiger partial charge in [0.25, 0.3) is 0 Å². The van der Waals surface area contributed by atoms with Crippen LogP contribution in [0.1, 0.15) is 18.5 Å². The van der Waals surface area contributed by atoms with Gasteiger partial charge in [-0.2, -0.15) is 4.98 Å². The lowest BCUT2D eigenvalue weighted by Crippen LogP contribution is -2.50. The van der Waals surface area contributed by atoms with E-state index in [-0.39, 0.29) is 5.95 Å². The molecule has 2 heterocycles. The van der Waals surface area contributed by atoms with Gasteiger partial charge in [0.05, 0.1) is 7.11 Å². The zero-order valence-corrected chi connectivity index (χ0v) is 11.0. The summed E-state index contributed by atoms with van der Waals surface area (Å²) in [6, 6.07) is 1.68. The maximum atomic E-state index is 11.5. The van der Waals surface area contributed by atoms with Crippen LogP contribution in [-0.4, -0.2) is 46.9 Å². The van der Waals surface area contributed by atoms with Crippen molar-refractivity contribution in [3.05, 3.63) is 11.8 Å². The largest absolute Gasteiger partial charge is 0.481 e. The number of carboxylic acid groups (broad SMARTS) is 1. The number of methoxy groups -OCH3 is 1. The fourth-order valence-corrected chi connectivity index (χ4v) is 2.03. The quantitative estimate of drug-likeness (QED) is 0.834. The molecule has 0 aromatic carbocycles. The van der Waals surface area contributed by atoms with Crippen LogP contribution in [0.4, 0.5) is 5.95 Å². The van der Waals surface area contributed by atoms with Gasteiger partial charge < -0.3 is 19.9 Å². The lowest BCUT2D eigenvalue weighted by atomic mass is 9.90. The number of nitrogens with zero attached hydrogens (tertiary/aromatic N) is 2. The van der Waals surface area contributed by atoms with Gasteiger partial charge in [0.2, 0.25) is 11.8 Å². The van der Waals surface area contributed by atoms with Crippen LogP contribution in [0.2, 0.25) is 0 Å². The van der Waals surface area contributed by atoms with E-state index in [1.807, 2.05) is 0 Å². The maximum absolute atomic E-state index is 11.5. The second-order valence-electron chi connectivity index (χ2n) is 4.50. The number of rotatable bonds is 4. The van der Waals surface area contributed by atoms with Gasteiger partial charge in [0.15, 0.2) is 0 Å². The highest BCUT2D eigenvalue weighted by molar-refractivity contribution is 5.82. The Morgan fingerprint density at radius 2 is 2.16 bits per heavy atom. The molecule has 1 aromatic heterocycles. The summed E-state index contributed by atoms with van der Waals surface area (Å²) in [7, 11) is 1.51. The fraction of sp³-hybridized carbons (Fsp3) is 0.583. The lowest BCUT2D eigenvalue weighted by molar-refractivity contribution is -0.145. The Balaban J connectivity index is 2.26. The number of carbonyl (C=O) groups is 1. The number of carboxylic acids is 1.